The number of sulfonamides is 1. The van der Waals surface area contributed by atoms with Crippen molar-refractivity contribution >= 4 is 38.9 Å². The molecule has 128 valence electrons. The van der Waals surface area contributed by atoms with E-state index in [2.05, 4.69) is 4.72 Å². The van der Waals surface area contributed by atoms with Gasteiger partial charge < -0.3 is 4.74 Å². The highest BCUT2D eigenvalue weighted by atomic mass is 35.5. The van der Waals surface area contributed by atoms with Crippen molar-refractivity contribution in [2.75, 3.05) is 4.72 Å². The molecule has 0 atom stereocenters. The summed E-state index contributed by atoms with van der Waals surface area (Å²) in [7, 11) is -3.98. The Morgan fingerprint density at radius 1 is 0.760 bits per heavy atom. The average Bonchev–Trinajstić information content (AvgIpc) is 2.57. The number of ether oxygens (including phenoxy) is 1. The van der Waals surface area contributed by atoms with E-state index in [0.29, 0.717) is 11.5 Å². The van der Waals surface area contributed by atoms with Gasteiger partial charge in [0.05, 0.1) is 15.7 Å². The Morgan fingerprint density at radius 2 is 1.36 bits per heavy atom. The summed E-state index contributed by atoms with van der Waals surface area (Å²) in [5.74, 6) is 0.949. The number of halogens is 2. The van der Waals surface area contributed by atoms with E-state index in [1.165, 1.54) is 12.1 Å². The van der Waals surface area contributed by atoms with Gasteiger partial charge in [0.15, 0.2) is 5.75 Å². The molecule has 0 unspecified atom stereocenters. The normalized spacial score (nSPS) is 11.1. The third-order valence-corrected chi connectivity index (χ3v) is 5.61. The number of anilines is 1. The molecule has 0 spiro atoms. The summed E-state index contributed by atoms with van der Waals surface area (Å²) < 4.78 is 33.7. The second-order valence-corrected chi connectivity index (χ2v) is 7.50. The van der Waals surface area contributed by atoms with E-state index in [4.69, 9.17) is 27.9 Å². The van der Waals surface area contributed by atoms with Crippen LogP contribution in [-0.2, 0) is 10.0 Å². The first-order valence-electron chi connectivity index (χ1n) is 7.26. The molecule has 0 fully saturated rings. The van der Waals surface area contributed by atoms with E-state index >= 15 is 0 Å². The van der Waals surface area contributed by atoms with E-state index in [1.54, 1.807) is 42.5 Å². The van der Waals surface area contributed by atoms with Crippen molar-refractivity contribution in [1.82, 2.24) is 0 Å². The van der Waals surface area contributed by atoms with Gasteiger partial charge in [-0.2, -0.15) is 0 Å². The van der Waals surface area contributed by atoms with Crippen molar-refractivity contribution in [3.63, 3.8) is 0 Å². The van der Waals surface area contributed by atoms with Gasteiger partial charge in [0, 0.05) is 0 Å². The monoisotopic (exact) mass is 393 g/mol. The minimum Gasteiger partial charge on any atom is -0.455 e. The number of hydrogen-bond donors (Lipinski definition) is 1. The number of nitrogens with one attached hydrogen (secondary N) is 1. The smallest absolute Gasteiger partial charge is 0.264 e. The molecule has 0 aliphatic heterocycles. The van der Waals surface area contributed by atoms with Crippen LogP contribution in [0.3, 0.4) is 0 Å². The van der Waals surface area contributed by atoms with Gasteiger partial charge in [0.1, 0.15) is 10.6 Å². The van der Waals surface area contributed by atoms with Gasteiger partial charge >= 0.3 is 0 Å². The summed E-state index contributed by atoms with van der Waals surface area (Å²) in [6, 6.07) is 20.3. The first-order valence-corrected chi connectivity index (χ1v) is 9.50. The van der Waals surface area contributed by atoms with E-state index in [0.717, 1.165) is 0 Å². The molecule has 0 aromatic heterocycles. The van der Waals surface area contributed by atoms with Crippen LogP contribution in [0, 0.1) is 0 Å². The lowest BCUT2D eigenvalue weighted by Crippen LogP contribution is -2.14. The second-order valence-electron chi connectivity index (χ2n) is 5.07. The van der Waals surface area contributed by atoms with Gasteiger partial charge in [0.25, 0.3) is 10.0 Å². The summed E-state index contributed by atoms with van der Waals surface area (Å²) in [5.41, 5.74) is 0.280. The third-order valence-electron chi connectivity index (χ3n) is 3.29. The number of para-hydroxylation sites is 3. The lowest BCUT2D eigenvalue weighted by Gasteiger charge is -2.14. The van der Waals surface area contributed by atoms with Gasteiger partial charge in [0.2, 0.25) is 0 Å². The second kappa shape index (κ2) is 7.35. The van der Waals surface area contributed by atoms with E-state index in [1.807, 2.05) is 18.2 Å². The van der Waals surface area contributed by atoms with Crippen LogP contribution in [0.5, 0.6) is 11.5 Å². The number of rotatable bonds is 5. The van der Waals surface area contributed by atoms with Crippen molar-refractivity contribution in [2.45, 2.75) is 4.90 Å². The zero-order chi connectivity index (χ0) is 17.9. The lowest BCUT2D eigenvalue weighted by molar-refractivity contribution is 0.485. The standard InChI is InChI=1S/C18H13Cl2NO3S/c19-14-9-6-10-15(20)18(14)25(22,23)21-16-11-4-5-12-17(16)24-13-7-2-1-3-8-13/h1-12,21H. The molecule has 1 N–H and O–H groups in total. The van der Waals surface area contributed by atoms with Gasteiger partial charge in [-0.3, -0.25) is 4.72 Å². The highest BCUT2D eigenvalue weighted by Gasteiger charge is 2.23. The fraction of sp³-hybridized carbons (Fsp3) is 0. The van der Waals surface area contributed by atoms with Crippen LogP contribution in [0.1, 0.15) is 0 Å². The van der Waals surface area contributed by atoms with Gasteiger partial charge in [-0.1, -0.05) is 59.6 Å². The molecule has 0 aliphatic carbocycles. The molecule has 0 radical (unpaired) electrons. The molecule has 7 heteroatoms. The molecule has 0 bridgehead atoms. The maximum atomic E-state index is 12.7. The van der Waals surface area contributed by atoms with E-state index in [9.17, 15) is 8.42 Å². The molecule has 0 amide bonds. The quantitative estimate of drug-likeness (QED) is 0.614. The van der Waals surface area contributed by atoms with Crippen molar-refractivity contribution in [3.05, 3.63) is 82.8 Å². The lowest BCUT2D eigenvalue weighted by atomic mass is 10.3. The molecule has 4 nitrogen and oxygen atoms in total. The molecule has 0 saturated heterocycles. The highest BCUT2D eigenvalue weighted by Crippen LogP contribution is 2.34. The number of hydrogen-bond acceptors (Lipinski definition) is 3. The fourth-order valence-electron chi connectivity index (χ4n) is 2.19. The largest absolute Gasteiger partial charge is 0.455 e. The summed E-state index contributed by atoms with van der Waals surface area (Å²) in [5, 5.41) is 0.0860. The minimum atomic E-state index is -3.98. The Hall–Kier alpha value is -2.21. The van der Waals surface area contributed by atoms with Crippen LogP contribution >= 0.6 is 23.2 Å². The topological polar surface area (TPSA) is 55.4 Å². The summed E-state index contributed by atoms with van der Waals surface area (Å²) in [6.45, 7) is 0. The van der Waals surface area contributed by atoms with Crippen molar-refractivity contribution < 1.29 is 13.2 Å². The van der Waals surface area contributed by atoms with Crippen LogP contribution in [0.2, 0.25) is 10.0 Å². The van der Waals surface area contributed by atoms with E-state index in [-0.39, 0.29) is 20.6 Å². The molecule has 0 aliphatic rings. The third kappa shape index (κ3) is 4.07. The summed E-state index contributed by atoms with van der Waals surface area (Å²) in [6.07, 6.45) is 0. The maximum Gasteiger partial charge on any atom is 0.264 e. The SMILES string of the molecule is O=S(=O)(Nc1ccccc1Oc1ccccc1)c1c(Cl)cccc1Cl. The highest BCUT2D eigenvalue weighted by molar-refractivity contribution is 7.93. The first-order chi connectivity index (χ1) is 12.0. The van der Waals surface area contributed by atoms with Crippen molar-refractivity contribution in [3.8, 4) is 11.5 Å². The minimum absolute atomic E-state index is 0.0430. The van der Waals surface area contributed by atoms with Crippen LogP contribution < -0.4 is 9.46 Å². The molecule has 0 saturated carbocycles. The van der Waals surface area contributed by atoms with Gasteiger partial charge in [-0.25, -0.2) is 8.42 Å². The van der Waals surface area contributed by atoms with Crippen molar-refractivity contribution in [1.29, 1.82) is 0 Å². The molecule has 3 aromatic rings. The van der Waals surface area contributed by atoms with E-state index < -0.39 is 10.0 Å². The van der Waals surface area contributed by atoms with Gasteiger partial charge in [-0.05, 0) is 36.4 Å². The molecule has 0 heterocycles. The van der Waals surface area contributed by atoms with Crippen LogP contribution in [0.15, 0.2) is 77.7 Å². The van der Waals surface area contributed by atoms with Crippen LogP contribution in [0.25, 0.3) is 0 Å². The van der Waals surface area contributed by atoms with Gasteiger partial charge in [-0.15, -0.1) is 0 Å². The molecular weight excluding hydrogens is 381 g/mol. The maximum absolute atomic E-state index is 12.7. The Morgan fingerprint density at radius 3 is 2.04 bits per heavy atom. The fourth-order valence-corrected chi connectivity index (χ4v) is 4.41. The predicted octanol–water partition coefficient (Wildman–Crippen LogP) is 5.59. The van der Waals surface area contributed by atoms with Crippen molar-refractivity contribution in [2.24, 2.45) is 0 Å². The average molecular weight is 394 g/mol. The van der Waals surface area contributed by atoms with Crippen LogP contribution in [-0.4, -0.2) is 8.42 Å². The number of benzene rings is 3. The summed E-state index contributed by atoms with van der Waals surface area (Å²) in [4.78, 5) is -0.173. The Labute approximate surface area is 156 Å². The molecule has 3 rings (SSSR count). The zero-order valence-electron chi connectivity index (χ0n) is 12.8. The Balaban J connectivity index is 1.96. The predicted molar refractivity (Wildman–Crippen MR) is 100 cm³/mol. The molecular formula is C18H13Cl2NO3S. The Bertz CT molecular complexity index is 972. The zero-order valence-corrected chi connectivity index (χ0v) is 15.1. The molecule has 3 aromatic carbocycles. The summed E-state index contributed by atoms with van der Waals surface area (Å²) >= 11 is 12.0. The van der Waals surface area contributed by atoms with Crippen LogP contribution in [0.4, 0.5) is 5.69 Å². The Kier molecular flexibility index (Phi) is 5.18. The first kappa shape index (κ1) is 17.6. The molecule has 25 heavy (non-hydrogen) atoms.